The quantitative estimate of drug-likeness (QED) is 0.739. The molecule has 3 heteroatoms. The summed E-state index contributed by atoms with van der Waals surface area (Å²) in [6, 6.07) is 4.44. The van der Waals surface area contributed by atoms with E-state index in [1.807, 2.05) is 0 Å². The number of anilines is 2. The van der Waals surface area contributed by atoms with Crippen molar-refractivity contribution in [2.75, 3.05) is 36.0 Å². The summed E-state index contributed by atoms with van der Waals surface area (Å²) < 4.78 is 0. The molecule has 0 aliphatic heterocycles. The molecule has 0 fully saturated rings. The number of aryl methyl sites for hydroxylation is 1. The summed E-state index contributed by atoms with van der Waals surface area (Å²) in [7, 11) is 0. The lowest BCUT2D eigenvalue weighted by molar-refractivity contribution is 0.815. The van der Waals surface area contributed by atoms with Crippen LogP contribution in [0.2, 0.25) is 0 Å². The van der Waals surface area contributed by atoms with Gasteiger partial charge in [0.05, 0.1) is 0 Å². The molecule has 1 heterocycles. The summed E-state index contributed by atoms with van der Waals surface area (Å²) >= 11 is 0. The highest BCUT2D eigenvalue weighted by atomic mass is 15.2. The highest BCUT2D eigenvalue weighted by molar-refractivity contribution is 5.51. The zero-order valence-corrected chi connectivity index (χ0v) is 12.5. The highest BCUT2D eigenvalue weighted by Crippen LogP contribution is 2.21. The van der Waals surface area contributed by atoms with Crippen molar-refractivity contribution in [2.45, 2.75) is 41.0 Å². The van der Waals surface area contributed by atoms with Crippen LogP contribution in [0.4, 0.5) is 11.6 Å². The van der Waals surface area contributed by atoms with Gasteiger partial charge in [0, 0.05) is 26.2 Å². The van der Waals surface area contributed by atoms with Crippen molar-refractivity contribution in [3.63, 3.8) is 0 Å². The van der Waals surface area contributed by atoms with Crippen LogP contribution < -0.4 is 9.80 Å². The van der Waals surface area contributed by atoms with Crippen molar-refractivity contribution in [2.24, 2.45) is 0 Å². The monoisotopic (exact) mass is 249 g/mol. The van der Waals surface area contributed by atoms with Crippen LogP contribution in [0.25, 0.3) is 0 Å². The lowest BCUT2D eigenvalue weighted by atomic mass is 10.2. The Morgan fingerprint density at radius 3 is 1.44 bits per heavy atom. The summed E-state index contributed by atoms with van der Waals surface area (Å²) in [5, 5.41) is 0. The van der Waals surface area contributed by atoms with Crippen LogP contribution >= 0.6 is 0 Å². The second-order valence-corrected chi connectivity index (χ2v) is 4.39. The molecule has 0 spiro atoms. The Morgan fingerprint density at radius 1 is 0.778 bits per heavy atom. The van der Waals surface area contributed by atoms with E-state index in [9.17, 15) is 0 Å². The molecule has 0 bridgehead atoms. The first-order chi connectivity index (χ1) is 8.69. The Balaban J connectivity index is 3.15. The molecule has 0 N–H and O–H groups in total. The largest absolute Gasteiger partial charge is 0.357 e. The molecule has 0 radical (unpaired) electrons. The second kappa shape index (κ2) is 7.24. The van der Waals surface area contributed by atoms with Gasteiger partial charge in [0.15, 0.2) is 0 Å². The fraction of sp³-hybridized carbons (Fsp3) is 0.667. The molecule has 18 heavy (non-hydrogen) atoms. The SMILES string of the molecule is CCc1cc(N(CC)CC)nc(N(CC)CC)c1. The number of pyridine rings is 1. The first-order valence-electron chi connectivity index (χ1n) is 7.20. The van der Waals surface area contributed by atoms with E-state index in [0.717, 1.165) is 44.2 Å². The van der Waals surface area contributed by atoms with Gasteiger partial charge in [0.25, 0.3) is 0 Å². The first-order valence-corrected chi connectivity index (χ1v) is 7.20. The molecular formula is C15H27N3. The van der Waals surface area contributed by atoms with E-state index >= 15 is 0 Å². The summed E-state index contributed by atoms with van der Waals surface area (Å²) in [6.07, 6.45) is 1.06. The number of hydrogen-bond donors (Lipinski definition) is 0. The topological polar surface area (TPSA) is 19.4 Å². The zero-order valence-electron chi connectivity index (χ0n) is 12.5. The lowest BCUT2D eigenvalue weighted by Crippen LogP contribution is -2.26. The summed E-state index contributed by atoms with van der Waals surface area (Å²) in [5.41, 5.74) is 1.37. The van der Waals surface area contributed by atoms with Crippen molar-refractivity contribution < 1.29 is 0 Å². The van der Waals surface area contributed by atoms with Gasteiger partial charge in [0.1, 0.15) is 11.6 Å². The average molecular weight is 249 g/mol. The van der Waals surface area contributed by atoms with Gasteiger partial charge in [-0.1, -0.05) is 6.92 Å². The van der Waals surface area contributed by atoms with E-state index in [1.165, 1.54) is 5.56 Å². The molecule has 3 nitrogen and oxygen atoms in total. The number of hydrogen-bond acceptors (Lipinski definition) is 3. The van der Waals surface area contributed by atoms with Crippen LogP contribution in [0.5, 0.6) is 0 Å². The van der Waals surface area contributed by atoms with Crippen LogP contribution in [-0.2, 0) is 6.42 Å². The molecule has 1 rings (SSSR count). The second-order valence-electron chi connectivity index (χ2n) is 4.39. The third-order valence-corrected chi connectivity index (χ3v) is 3.44. The molecule has 0 unspecified atom stereocenters. The van der Waals surface area contributed by atoms with Gasteiger partial charge in [-0.25, -0.2) is 4.98 Å². The molecule has 1 aromatic rings. The molecule has 1 aromatic heterocycles. The highest BCUT2D eigenvalue weighted by Gasteiger charge is 2.10. The van der Waals surface area contributed by atoms with Crippen molar-refractivity contribution in [3.8, 4) is 0 Å². The van der Waals surface area contributed by atoms with Gasteiger partial charge < -0.3 is 9.80 Å². The van der Waals surface area contributed by atoms with Crippen molar-refractivity contribution in [3.05, 3.63) is 17.7 Å². The smallest absolute Gasteiger partial charge is 0.131 e. The normalized spacial score (nSPS) is 10.5. The molecular weight excluding hydrogens is 222 g/mol. The van der Waals surface area contributed by atoms with Gasteiger partial charge in [-0.05, 0) is 51.8 Å². The summed E-state index contributed by atoms with van der Waals surface area (Å²) in [6.45, 7) is 15.0. The average Bonchev–Trinajstić information content (AvgIpc) is 2.41. The van der Waals surface area contributed by atoms with E-state index in [0.29, 0.717) is 0 Å². The third kappa shape index (κ3) is 3.37. The predicted octanol–water partition coefficient (Wildman–Crippen LogP) is 3.34. The Morgan fingerprint density at radius 2 is 1.17 bits per heavy atom. The maximum absolute atomic E-state index is 4.82. The standard InChI is InChI=1S/C15H27N3/c1-6-13-11-14(17(7-2)8-3)16-15(12-13)18(9-4)10-5/h11-12H,6-10H2,1-5H3. The minimum atomic E-state index is 1.01. The summed E-state index contributed by atoms with van der Waals surface area (Å²) in [4.78, 5) is 9.44. The first kappa shape index (κ1) is 14.8. The maximum Gasteiger partial charge on any atom is 0.131 e. The van der Waals surface area contributed by atoms with E-state index in [4.69, 9.17) is 4.98 Å². The van der Waals surface area contributed by atoms with E-state index in [1.54, 1.807) is 0 Å². The minimum Gasteiger partial charge on any atom is -0.357 e. The fourth-order valence-electron chi connectivity index (χ4n) is 2.18. The van der Waals surface area contributed by atoms with Gasteiger partial charge in [-0.3, -0.25) is 0 Å². The van der Waals surface area contributed by atoms with Crippen molar-refractivity contribution >= 4 is 11.6 Å². The molecule has 0 aliphatic carbocycles. The Bertz CT molecular complexity index is 325. The van der Waals surface area contributed by atoms with Crippen molar-refractivity contribution in [1.82, 2.24) is 4.98 Å². The number of aromatic nitrogens is 1. The molecule has 0 aliphatic rings. The molecule has 102 valence electrons. The van der Waals surface area contributed by atoms with Crippen LogP contribution in [0, 0.1) is 0 Å². The van der Waals surface area contributed by atoms with Gasteiger partial charge in [-0.15, -0.1) is 0 Å². The van der Waals surface area contributed by atoms with Crippen LogP contribution in [0.3, 0.4) is 0 Å². The fourth-order valence-corrected chi connectivity index (χ4v) is 2.18. The van der Waals surface area contributed by atoms with Crippen LogP contribution in [0.1, 0.15) is 40.2 Å². The van der Waals surface area contributed by atoms with E-state index in [-0.39, 0.29) is 0 Å². The van der Waals surface area contributed by atoms with Gasteiger partial charge in [0.2, 0.25) is 0 Å². The lowest BCUT2D eigenvalue weighted by Gasteiger charge is -2.25. The van der Waals surface area contributed by atoms with Crippen LogP contribution in [-0.4, -0.2) is 31.2 Å². The van der Waals surface area contributed by atoms with E-state index < -0.39 is 0 Å². The maximum atomic E-state index is 4.82. The van der Waals surface area contributed by atoms with Gasteiger partial charge >= 0.3 is 0 Å². The Labute approximate surface area is 112 Å². The Hall–Kier alpha value is -1.25. The van der Waals surface area contributed by atoms with E-state index in [2.05, 4.69) is 56.6 Å². The molecule has 0 amide bonds. The molecule has 0 saturated carbocycles. The van der Waals surface area contributed by atoms with Crippen LogP contribution in [0.15, 0.2) is 12.1 Å². The predicted molar refractivity (Wildman–Crippen MR) is 80.7 cm³/mol. The molecule has 0 saturated heterocycles. The molecule has 0 aromatic carbocycles. The molecule has 0 atom stereocenters. The Kier molecular flexibility index (Phi) is 5.96. The zero-order chi connectivity index (χ0) is 13.5. The third-order valence-electron chi connectivity index (χ3n) is 3.44. The minimum absolute atomic E-state index is 1.01. The number of rotatable bonds is 7. The van der Waals surface area contributed by atoms with Gasteiger partial charge in [-0.2, -0.15) is 0 Å². The summed E-state index contributed by atoms with van der Waals surface area (Å²) in [5.74, 6) is 2.22. The van der Waals surface area contributed by atoms with Crippen molar-refractivity contribution in [1.29, 1.82) is 0 Å². The number of nitrogens with zero attached hydrogens (tertiary/aromatic N) is 3.